The first-order valence-corrected chi connectivity index (χ1v) is 7.64. The first-order chi connectivity index (χ1) is 8.59. The summed E-state index contributed by atoms with van der Waals surface area (Å²) in [6.45, 7) is 6.57. The third-order valence-corrected chi connectivity index (χ3v) is 4.09. The highest BCUT2D eigenvalue weighted by atomic mass is 14.6. The maximum atomic E-state index is 6.32. The summed E-state index contributed by atoms with van der Waals surface area (Å²) >= 11 is 0. The number of hydrogen-bond donors (Lipinski definition) is 1. The van der Waals surface area contributed by atoms with Gasteiger partial charge in [-0.05, 0) is 58.8 Å². The van der Waals surface area contributed by atoms with Gasteiger partial charge in [0.1, 0.15) is 0 Å². The van der Waals surface area contributed by atoms with Gasteiger partial charge in [0.15, 0.2) is 0 Å². The average Bonchev–Trinajstić information content (AvgIpc) is 2.36. The third kappa shape index (κ3) is 6.39. The van der Waals surface area contributed by atoms with Crippen molar-refractivity contribution in [3.05, 3.63) is 23.3 Å². The maximum absolute atomic E-state index is 6.32. The molecule has 0 aromatic rings. The molecule has 18 heavy (non-hydrogen) atoms. The molecule has 0 heterocycles. The Kier molecular flexibility index (Phi) is 7.34. The summed E-state index contributed by atoms with van der Waals surface area (Å²) in [4.78, 5) is 0. The highest BCUT2D eigenvalue weighted by Gasteiger charge is 2.19. The van der Waals surface area contributed by atoms with Gasteiger partial charge in [-0.2, -0.15) is 0 Å². The van der Waals surface area contributed by atoms with Gasteiger partial charge in [0.2, 0.25) is 0 Å². The topological polar surface area (TPSA) is 26.0 Å². The molecule has 0 spiro atoms. The molecule has 2 N–H and O–H groups in total. The second-order valence-corrected chi connectivity index (χ2v) is 6.17. The number of hydrogen-bond acceptors (Lipinski definition) is 1. The summed E-state index contributed by atoms with van der Waals surface area (Å²) in [5.41, 5.74) is 9.23. The van der Waals surface area contributed by atoms with E-state index in [1.807, 2.05) is 0 Å². The van der Waals surface area contributed by atoms with Crippen molar-refractivity contribution in [3.8, 4) is 0 Å². The summed E-state index contributed by atoms with van der Waals surface area (Å²) in [5, 5.41) is 0. The smallest absolute Gasteiger partial charge is 0.0102 e. The molecular formula is C17H31N. The number of nitrogens with two attached hydrogens (primary N) is 1. The molecule has 104 valence electrons. The molecule has 1 fully saturated rings. The summed E-state index contributed by atoms with van der Waals surface area (Å²) in [5.74, 6) is 0.778. The zero-order chi connectivity index (χ0) is 13.4. The van der Waals surface area contributed by atoms with Gasteiger partial charge in [-0.15, -0.1) is 0 Å². The predicted octanol–water partition coefficient (Wildman–Crippen LogP) is 4.98. The van der Waals surface area contributed by atoms with Gasteiger partial charge in [0, 0.05) is 6.04 Å². The van der Waals surface area contributed by atoms with Crippen LogP contribution in [0, 0.1) is 5.92 Å². The molecule has 1 atom stereocenters. The highest BCUT2D eigenvalue weighted by molar-refractivity contribution is 5.03. The maximum Gasteiger partial charge on any atom is 0.0102 e. The van der Waals surface area contributed by atoms with Gasteiger partial charge >= 0.3 is 0 Å². The van der Waals surface area contributed by atoms with E-state index < -0.39 is 0 Å². The van der Waals surface area contributed by atoms with Crippen LogP contribution in [0.4, 0.5) is 0 Å². The highest BCUT2D eigenvalue weighted by Crippen LogP contribution is 2.27. The molecule has 0 aromatic carbocycles. The Morgan fingerprint density at radius 2 is 1.78 bits per heavy atom. The molecule has 1 rings (SSSR count). The van der Waals surface area contributed by atoms with Crippen LogP contribution >= 0.6 is 0 Å². The van der Waals surface area contributed by atoms with Crippen molar-refractivity contribution in [3.63, 3.8) is 0 Å². The molecule has 0 aliphatic heterocycles. The molecule has 1 nitrogen and oxygen atoms in total. The van der Waals surface area contributed by atoms with E-state index in [1.165, 1.54) is 56.1 Å². The first-order valence-electron chi connectivity index (χ1n) is 7.64. The van der Waals surface area contributed by atoms with Crippen molar-refractivity contribution in [1.29, 1.82) is 0 Å². The number of allylic oxidation sites excluding steroid dienone is 3. The minimum absolute atomic E-state index is 0.392. The average molecular weight is 249 g/mol. The largest absolute Gasteiger partial charge is 0.327 e. The van der Waals surface area contributed by atoms with Crippen molar-refractivity contribution in [1.82, 2.24) is 0 Å². The molecule has 1 aliphatic rings. The molecule has 0 bridgehead atoms. The monoisotopic (exact) mass is 249 g/mol. The Morgan fingerprint density at radius 1 is 1.11 bits per heavy atom. The lowest BCUT2D eigenvalue weighted by atomic mass is 9.83. The van der Waals surface area contributed by atoms with Crippen LogP contribution in [0.2, 0.25) is 0 Å². The van der Waals surface area contributed by atoms with Crippen molar-refractivity contribution >= 4 is 0 Å². The van der Waals surface area contributed by atoms with Crippen LogP contribution < -0.4 is 5.73 Å². The van der Waals surface area contributed by atoms with E-state index in [0.29, 0.717) is 6.04 Å². The van der Waals surface area contributed by atoms with E-state index in [-0.39, 0.29) is 0 Å². The van der Waals surface area contributed by atoms with Crippen LogP contribution in [0.5, 0.6) is 0 Å². The van der Waals surface area contributed by atoms with Crippen LogP contribution in [0.1, 0.15) is 72.1 Å². The quantitative estimate of drug-likeness (QED) is 0.660. The van der Waals surface area contributed by atoms with E-state index in [2.05, 4.69) is 32.9 Å². The van der Waals surface area contributed by atoms with Crippen LogP contribution in [0.3, 0.4) is 0 Å². The van der Waals surface area contributed by atoms with Crippen LogP contribution in [0.25, 0.3) is 0 Å². The van der Waals surface area contributed by atoms with Crippen molar-refractivity contribution in [2.24, 2.45) is 11.7 Å². The molecule has 0 saturated heterocycles. The lowest BCUT2D eigenvalue weighted by Crippen LogP contribution is -2.31. The second-order valence-electron chi connectivity index (χ2n) is 6.17. The van der Waals surface area contributed by atoms with Gasteiger partial charge in [0.25, 0.3) is 0 Å². The molecule has 0 radical (unpaired) electrons. The van der Waals surface area contributed by atoms with Gasteiger partial charge in [-0.25, -0.2) is 0 Å². The predicted molar refractivity (Wildman–Crippen MR) is 81.6 cm³/mol. The molecule has 1 heteroatoms. The Labute approximate surface area is 114 Å². The zero-order valence-electron chi connectivity index (χ0n) is 12.5. The van der Waals surface area contributed by atoms with E-state index in [4.69, 9.17) is 5.73 Å². The van der Waals surface area contributed by atoms with E-state index in [9.17, 15) is 0 Å². The summed E-state index contributed by atoms with van der Waals surface area (Å²) in [6.07, 6.45) is 15.0. The third-order valence-electron chi connectivity index (χ3n) is 4.09. The molecule has 1 aliphatic carbocycles. The summed E-state index contributed by atoms with van der Waals surface area (Å²) in [6, 6.07) is 0.392. The SMILES string of the molecule is CC(C)=CCC/C(C)=C/CC(N)C1CCCCC1. The standard InChI is InChI=1S/C17H31N/c1-14(2)8-7-9-15(3)12-13-17(18)16-10-5-4-6-11-16/h8,12,16-17H,4-7,9-11,13,18H2,1-3H3/b15-12+. The van der Waals surface area contributed by atoms with Gasteiger partial charge in [-0.1, -0.05) is 42.6 Å². The van der Waals surface area contributed by atoms with Gasteiger partial charge in [-0.3, -0.25) is 0 Å². The lowest BCUT2D eigenvalue weighted by Gasteiger charge is -2.26. The fourth-order valence-electron chi connectivity index (χ4n) is 2.78. The Bertz CT molecular complexity index is 278. The molecule has 0 amide bonds. The van der Waals surface area contributed by atoms with Crippen LogP contribution in [-0.4, -0.2) is 6.04 Å². The molecule has 0 aromatic heterocycles. The summed E-state index contributed by atoms with van der Waals surface area (Å²) < 4.78 is 0. The zero-order valence-corrected chi connectivity index (χ0v) is 12.5. The van der Waals surface area contributed by atoms with Crippen LogP contribution in [-0.2, 0) is 0 Å². The Balaban J connectivity index is 2.26. The van der Waals surface area contributed by atoms with Gasteiger partial charge < -0.3 is 5.73 Å². The minimum atomic E-state index is 0.392. The normalized spacial score (nSPS) is 19.7. The fourth-order valence-corrected chi connectivity index (χ4v) is 2.78. The van der Waals surface area contributed by atoms with E-state index in [0.717, 1.165) is 12.3 Å². The minimum Gasteiger partial charge on any atom is -0.327 e. The molecule has 1 unspecified atom stereocenters. The van der Waals surface area contributed by atoms with E-state index in [1.54, 1.807) is 0 Å². The molecule has 1 saturated carbocycles. The summed E-state index contributed by atoms with van der Waals surface area (Å²) in [7, 11) is 0. The Morgan fingerprint density at radius 3 is 2.39 bits per heavy atom. The fraction of sp³-hybridized carbons (Fsp3) is 0.765. The first kappa shape index (κ1) is 15.5. The van der Waals surface area contributed by atoms with Gasteiger partial charge in [0.05, 0.1) is 0 Å². The lowest BCUT2D eigenvalue weighted by molar-refractivity contribution is 0.305. The van der Waals surface area contributed by atoms with E-state index >= 15 is 0 Å². The van der Waals surface area contributed by atoms with Crippen molar-refractivity contribution in [2.45, 2.75) is 78.2 Å². The van der Waals surface area contributed by atoms with Crippen molar-refractivity contribution in [2.75, 3.05) is 0 Å². The van der Waals surface area contributed by atoms with Crippen LogP contribution in [0.15, 0.2) is 23.3 Å². The number of rotatable bonds is 6. The second kappa shape index (κ2) is 8.53. The Hall–Kier alpha value is -0.560. The molecular weight excluding hydrogens is 218 g/mol. The van der Waals surface area contributed by atoms with Crippen molar-refractivity contribution < 1.29 is 0 Å².